The second-order valence-electron chi connectivity index (χ2n) is 5.37. The zero-order valence-electron chi connectivity index (χ0n) is 11.9. The average Bonchev–Trinajstić information content (AvgIpc) is 2.20. The molecule has 0 radical (unpaired) electrons. The Labute approximate surface area is 105 Å². The van der Waals surface area contributed by atoms with E-state index in [4.69, 9.17) is 4.74 Å². The molecule has 102 valence electrons. The Kier molecular flexibility index (Phi) is 7.96. The van der Waals surface area contributed by atoms with Crippen LogP contribution in [0.2, 0.25) is 0 Å². The van der Waals surface area contributed by atoms with Gasteiger partial charge in [-0.25, -0.2) is 10.2 Å². The Balaban J connectivity index is 3.78. The Bertz CT molecular complexity index is 212. The van der Waals surface area contributed by atoms with Crippen LogP contribution in [0.3, 0.4) is 0 Å². The van der Waals surface area contributed by atoms with Crippen LogP contribution in [0.5, 0.6) is 0 Å². The van der Waals surface area contributed by atoms with Crippen LogP contribution >= 0.6 is 0 Å². The summed E-state index contributed by atoms with van der Waals surface area (Å²) in [6.07, 6.45) is 5.32. The summed E-state index contributed by atoms with van der Waals surface area (Å²) in [5.74, 6) is 0. The van der Waals surface area contributed by atoms with Crippen molar-refractivity contribution in [3.8, 4) is 0 Å². The normalized spacial score (nSPS) is 13.2. The van der Waals surface area contributed by atoms with Crippen molar-refractivity contribution in [1.82, 2.24) is 10.9 Å². The van der Waals surface area contributed by atoms with Gasteiger partial charge in [0, 0.05) is 6.04 Å². The maximum Gasteiger partial charge on any atom is 0.422 e. The van der Waals surface area contributed by atoms with Gasteiger partial charge in [-0.3, -0.25) is 5.43 Å². The molecule has 0 saturated heterocycles. The predicted octanol–water partition coefficient (Wildman–Crippen LogP) is 3.37. The first-order valence-electron chi connectivity index (χ1n) is 6.63. The second-order valence-corrected chi connectivity index (χ2v) is 5.37. The van der Waals surface area contributed by atoms with Gasteiger partial charge in [0.05, 0.1) is 0 Å². The minimum absolute atomic E-state index is 0.328. The summed E-state index contributed by atoms with van der Waals surface area (Å²) >= 11 is 0. The first kappa shape index (κ1) is 16.2. The molecule has 0 spiro atoms. The molecule has 0 aromatic carbocycles. The lowest BCUT2D eigenvalue weighted by atomic mass is 10.1. The van der Waals surface area contributed by atoms with Gasteiger partial charge >= 0.3 is 6.09 Å². The zero-order valence-corrected chi connectivity index (χ0v) is 11.9. The van der Waals surface area contributed by atoms with Crippen molar-refractivity contribution in [3.63, 3.8) is 0 Å². The largest absolute Gasteiger partial charge is 0.443 e. The lowest BCUT2D eigenvalue weighted by molar-refractivity contribution is 0.0485. The molecule has 0 aromatic rings. The van der Waals surface area contributed by atoms with E-state index in [-0.39, 0.29) is 0 Å². The van der Waals surface area contributed by atoms with E-state index in [1.165, 1.54) is 19.3 Å². The van der Waals surface area contributed by atoms with Crippen LogP contribution in [-0.2, 0) is 4.74 Å². The van der Waals surface area contributed by atoms with Crippen molar-refractivity contribution in [2.75, 3.05) is 0 Å². The van der Waals surface area contributed by atoms with Gasteiger partial charge in [-0.05, 0) is 33.6 Å². The van der Waals surface area contributed by atoms with Crippen LogP contribution in [0.1, 0.15) is 66.7 Å². The molecule has 0 aliphatic carbocycles. The standard InChI is InChI=1S/C13H28N2O2/c1-6-8-9-10-11(7-2)14-15-12(16)17-13(3,4)5/h11,14H,6-10H2,1-5H3,(H,15,16). The van der Waals surface area contributed by atoms with Crippen molar-refractivity contribution >= 4 is 6.09 Å². The summed E-state index contributed by atoms with van der Waals surface area (Å²) in [6.45, 7) is 9.86. The van der Waals surface area contributed by atoms with Gasteiger partial charge in [-0.15, -0.1) is 0 Å². The number of carbonyl (C=O) groups excluding carboxylic acids is 1. The van der Waals surface area contributed by atoms with Gasteiger partial charge in [0.15, 0.2) is 0 Å². The highest BCUT2D eigenvalue weighted by Gasteiger charge is 2.16. The van der Waals surface area contributed by atoms with Crippen LogP contribution in [0, 0.1) is 0 Å². The quantitative estimate of drug-likeness (QED) is 0.533. The maximum absolute atomic E-state index is 11.4. The minimum Gasteiger partial charge on any atom is -0.443 e. The highest BCUT2D eigenvalue weighted by Crippen LogP contribution is 2.07. The van der Waals surface area contributed by atoms with Crippen LogP contribution in [0.15, 0.2) is 0 Å². The first-order valence-corrected chi connectivity index (χ1v) is 6.63. The molecule has 1 amide bonds. The van der Waals surface area contributed by atoms with Gasteiger partial charge < -0.3 is 4.74 Å². The van der Waals surface area contributed by atoms with Crippen molar-refractivity contribution in [2.24, 2.45) is 0 Å². The third kappa shape index (κ3) is 10.1. The fourth-order valence-corrected chi connectivity index (χ4v) is 1.48. The number of ether oxygens (including phenoxy) is 1. The van der Waals surface area contributed by atoms with E-state index < -0.39 is 11.7 Å². The summed E-state index contributed by atoms with van der Waals surface area (Å²) in [7, 11) is 0. The number of rotatable bonds is 7. The highest BCUT2D eigenvalue weighted by atomic mass is 16.6. The molecule has 0 aromatic heterocycles. The molecule has 0 rings (SSSR count). The second kappa shape index (κ2) is 8.34. The van der Waals surface area contributed by atoms with E-state index >= 15 is 0 Å². The van der Waals surface area contributed by atoms with Crippen molar-refractivity contribution in [3.05, 3.63) is 0 Å². The molecule has 4 nitrogen and oxygen atoms in total. The molecule has 0 aliphatic heterocycles. The van der Waals surface area contributed by atoms with Crippen molar-refractivity contribution in [1.29, 1.82) is 0 Å². The molecule has 1 unspecified atom stereocenters. The Morgan fingerprint density at radius 1 is 1.24 bits per heavy atom. The smallest absolute Gasteiger partial charge is 0.422 e. The van der Waals surface area contributed by atoms with Crippen LogP contribution in [-0.4, -0.2) is 17.7 Å². The van der Waals surface area contributed by atoms with E-state index in [0.717, 1.165) is 12.8 Å². The minimum atomic E-state index is -0.449. The molecular formula is C13H28N2O2. The van der Waals surface area contributed by atoms with Crippen molar-refractivity contribution in [2.45, 2.75) is 78.4 Å². The number of unbranched alkanes of at least 4 members (excludes halogenated alkanes) is 2. The van der Waals surface area contributed by atoms with E-state index in [0.29, 0.717) is 6.04 Å². The third-order valence-electron chi connectivity index (χ3n) is 2.43. The van der Waals surface area contributed by atoms with Crippen LogP contribution in [0.4, 0.5) is 4.79 Å². The molecule has 0 bridgehead atoms. The number of carbonyl (C=O) groups is 1. The van der Waals surface area contributed by atoms with Crippen molar-refractivity contribution < 1.29 is 9.53 Å². The number of hydrazine groups is 1. The lowest BCUT2D eigenvalue weighted by Gasteiger charge is -2.22. The fourth-order valence-electron chi connectivity index (χ4n) is 1.48. The number of hydrogen-bond acceptors (Lipinski definition) is 3. The maximum atomic E-state index is 11.4. The monoisotopic (exact) mass is 244 g/mol. The van der Waals surface area contributed by atoms with Crippen LogP contribution < -0.4 is 10.9 Å². The van der Waals surface area contributed by atoms with Gasteiger partial charge in [0.1, 0.15) is 5.60 Å². The predicted molar refractivity (Wildman–Crippen MR) is 70.7 cm³/mol. The van der Waals surface area contributed by atoms with Gasteiger partial charge in [0.25, 0.3) is 0 Å². The molecule has 2 N–H and O–H groups in total. The van der Waals surface area contributed by atoms with Crippen LogP contribution in [0.25, 0.3) is 0 Å². The molecule has 0 saturated carbocycles. The Hall–Kier alpha value is -0.770. The van der Waals surface area contributed by atoms with E-state index in [1.807, 2.05) is 20.8 Å². The number of nitrogens with one attached hydrogen (secondary N) is 2. The third-order valence-corrected chi connectivity index (χ3v) is 2.43. The van der Waals surface area contributed by atoms with E-state index in [2.05, 4.69) is 24.7 Å². The first-order chi connectivity index (χ1) is 7.89. The molecule has 4 heteroatoms. The summed E-state index contributed by atoms with van der Waals surface area (Å²) in [6, 6.07) is 0.328. The van der Waals surface area contributed by atoms with Gasteiger partial charge in [-0.1, -0.05) is 33.1 Å². The average molecular weight is 244 g/mol. The van der Waals surface area contributed by atoms with E-state index in [9.17, 15) is 4.79 Å². The SMILES string of the molecule is CCCCCC(CC)NNC(=O)OC(C)(C)C. The van der Waals surface area contributed by atoms with E-state index in [1.54, 1.807) is 0 Å². The number of amides is 1. The Morgan fingerprint density at radius 3 is 2.35 bits per heavy atom. The van der Waals surface area contributed by atoms with Gasteiger partial charge in [-0.2, -0.15) is 0 Å². The molecule has 0 aliphatic rings. The topological polar surface area (TPSA) is 50.4 Å². The fraction of sp³-hybridized carbons (Fsp3) is 0.923. The molecule has 1 atom stereocenters. The number of hydrogen-bond donors (Lipinski definition) is 2. The summed E-state index contributed by atoms with van der Waals surface area (Å²) in [5, 5.41) is 0. The molecule has 17 heavy (non-hydrogen) atoms. The Morgan fingerprint density at radius 2 is 1.88 bits per heavy atom. The zero-order chi connectivity index (χ0) is 13.3. The summed E-state index contributed by atoms with van der Waals surface area (Å²) < 4.78 is 5.15. The summed E-state index contributed by atoms with van der Waals surface area (Å²) in [5.41, 5.74) is 5.18. The highest BCUT2D eigenvalue weighted by molar-refractivity contribution is 5.67. The molecule has 0 fully saturated rings. The molecular weight excluding hydrogens is 216 g/mol. The molecule has 0 heterocycles. The van der Waals surface area contributed by atoms with Gasteiger partial charge in [0.2, 0.25) is 0 Å². The summed E-state index contributed by atoms with van der Waals surface area (Å²) in [4.78, 5) is 11.4. The lowest BCUT2D eigenvalue weighted by Crippen LogP contribution is -2.46.